The van der Waals surface area contributed by atoms with Gasteiger partial charge in [0.25, 0.3) is 5.91 Å². The normalized spacial score (nSPS) is 20.1. The van der Waals surface area contributed by atoms with Crippen molar-refractivity contribution in [3.8, 4) is 17.2 Å². The summed E-state index contributed by atoms with van der Waals surface area (Å²) < 4.78 is 40.3. The van der Waals surface area contributed by atoms with Gasteiger partial charge in [0.1, 0.15) is 10.1 Å². The molecule has 1 atom stereocenters. The fraction of sp³-hybridized carbons (Fsp3) is 0.269. The van der Waals surface area contributed by atoms with E-state index in [2.05, 4.69) is 0 Å². The summed E-state index contributed by atoms with van der Waals surface area (Å²) in [5, 5.41) is 0. The van der Waals surface area contributed by atoms with Crippen LogP contribution in [0.1, 0.15) is 24.5 Å². The summed E-state index contributed by atoms with van der Waals surface area (Å²) in [6.45, 7) is 2.15. The number of sulfone groups is 1. The van der Waals surface area contributed by atoms with Gasteiger partial charge in [-0.1, -0.05) is 42.2 Å². The number of carbonyl (C=O) groups is 2. The molecule has 2 aromatic carbocycles. The lowest BCUT2D eigenvalue weighted by Crippen LogP contribution is -2.39. The van der Waals surface area contributed by atoms with Crippen LogP contribution in [0.25, 0.3) is 12.2 Å². The third kappa shape index (κ3) is 6.60. The smallest absolute Gasteiger partial charge is 0.336 e. The molecule has 0 aliphatic carbocycles. The highest BCUT2D eigenvalue weighted by molar-refractivity contribution is 8.26. The Balaban J connectivity index is 1.48. The zero-order valence-electron chi connectivity index (χ0n) is 20.2. The topological polar surface area (TPSA) is 99.2 Å². The molecule has 0 saturated carbocycles. The number of thioether (sulfide) groups is 1. The number of thiocarbonyl (C=S) groups is 1. The Hall–Kier alpha value is -3.15. The molecule has 2 aliphatic heterocycles. The van der Waals surface area contributed by atoms with Crippen molar-refractivity contribution in [1.82, 2.24) is 4.90 Å². The minimum Gasteiger partial charge on any atom is -0.497 e. The molecule has 37 heavy (non-hydrogen) atoms. The molecule has 0 unspecified atom stereocenters. The predicted molar refractivity (Wildman–Crippen MR) is 147 cm³/mol. The number of nitrogens with zero attached hydrogens (tertiary/aromatic N) is 1. The van der Waals surface area contributed by atoms with Crippen LogP contribution in [-0.2, 0) is 19.4 Å². The molecule has 0 bridgehead atoms. The molecule has 8 nitrogen and oxygen atoms in total. The number of carbonyl (C=O) groups excluding carboxylic acids is 2. The van der Waals surface area contributed by atoms with Gasteiger partial charge in [-0.2, -0.15) is 0 Å². The molecule has 11 heteroatoms. The van der Waals surface area contributed by atoms with Crippen molar-refractivity contribution in [2.24, 2.45) is 0 Å². The molecule has 2 aromatic rings. The Morgan fingerprint density at radius 2 is 1.89 bits per heavy atom. The highest BCUT2D eigenvalue weighted by Crippen LogP contribution is 2.37. The van der Waals surface area contributed by atoms with E-state index in [1.54, 1.807) is 49.6 Å². The molecule has 0 spiro atoms. The van der Waals surface area contributed by atoms with E-state index in [-0.39, 0.29) is 23.2 Å². The van der Waals surface area contributed by atoms with Crippen molar-refractivity contribution in [2.45, 2.75) is 19.4 Å². The summed E-state index contributed by atoms with van der Waals surface area (Å²) in [4.78, 5) is 27.2. The number of ether oxygens (including phenoxy) is 3. The third-order valence-corrected chi connectivity index (χ3v) is 8.78. The predicted octanol–water partition coefficient (Wildman–Crippen LogP) is 4.10. The lowest BCUT2D eigenvalue weighted by molar-refractivity contribution is -0.129. The summed E-state index contributed by atoms with van der Waals surface area (Å²) in [5.74, 6) is 0.405. The van der Waals surface area contributed by atoms with Crippen LogP contribution in [0.4, 0.5) is 0 Å². The average Bonchev–Trinajstić information content (AvgIpc) is 3.36. The number of hydrogen-bond donors (Lipinski definition) is 0. The van der Waals surface area contributed by atoms with Gasteiger partial charge in [-0.15, -0.1) is 0 Å². The molecular weight excluding hydrogens is 534 g/mol. The number of methoxy groups -OCH3 is 1. The number of hydrogen-bond acceptors (Lipinski definition) is 9. The minimum absolute atomic E-state index is 0.0565. The summed E-state index contributed by atoms with van der Waals surface area (Å²) in [5.41, 5.74) is 1.46. The maximum absolute atomic E-state index is 13.0. The molecule has 0 radical (unpaired) electrons. The second-order valence-corrected chi connectivity index (χ2v) is 12.2. The molecular formula is C26H25NO7S3. The Morgan fingerprint density at radius 3 is 2.54 bits per heavy atom. The number of benzene rings is 2. The average molecular weight is 560 g/mol. The van der Waals surface area contributed by atoms with Gasteiger partial charge in [-0.25, -0.2) is 13.2 Å². The fourth-order valence-electron chi connectivity index (χ4n) is 3.91. The van der Waals surface area contributed by atoms with Crippen LogP contribution in [0.15, 0.2) is 53.4 Å². The quantitative estimate of drug-likeness (QED) is 0.205. The summed E-state index contributed by atoms with van der Waals surface area (Å²) in [6, 6.07) is 11.8. The van der Waals surface area contributed by atoms with E-state index in [0.29, 0.717) is 33.6 Å². The van der Waals surface area contributed by atoms with E-state index in [1.807, 2.05) is 19.1 Å². The molecule has 2 heterocycles. The van der Waals surface area contributed by atoms with Gasteiger partial charge in [0.05, 0.1) is 36.2 Å². The lowest BCUT2D eigenvalue weighted by Gasteiger charge is -2.20. The highest BCUT2D eigenvalue weighted by atomic mass is 32.2. The van der Waals surface area contributed by atoms with E-state index >= 15 is 0 Å². The second kappa shape index (κ2) is 11.5. The molecule has 0 N–H and O–H groups in total. The number of amides is 1. The van der Waals surface area contributed by atoms with E-state index < -0.39 is 21.8 Å². The molecule has 2 fully saturated rings. The SMILES string of the molecule is CCOc1cc(/C=C2/SC(=S)N([C@H]3CCS(=O)(=O)C3)C2=O)ccc1OC(=O)/C=C/c1ccc(OC)cc1. The Morgan fingerprint density at radius 1 is 1.16 bits per heavy atom. The molecule has 2 saturated heterocycles. The van der Waals surface area contributed by atoms with Crippen molar-refractivity contribution in [3.63, 3.8) is 0 Å². The maximum Gasteiger partial charge on any atom is 0.336 e. The van der Waals surface area contributed by atoms with Gasteiger partial charge < -0.3 is 14.2 Å². The van der Waals surface area contributed by atoms with Crippen LogP contribution in [-0.4, -0.2) is 60.8 Å². The highest BCUT2D eigenvalue weighted by Gasteiger charge is 2.42. The zero-order valence-corrected chi connectivity index (χ0v) is 22.7. The molecule has 194 valence electrons. The van der Waals surface area contributed by atoms with Crippen molar-refractivity contribution in [1.29, 1.82) is 0 Å². The fourth-order valence-corrected chi connectivity index (χ4v) is 7.01. The summed E-state index contributed by atoms with van der Waals surface area (Å²) >= 11 is 6.50. The van der Waals surface area contributed by atoms with Crippen molar-refractivity contribution < 1.29 is 32.2 Å². The first-order valence-electron chi connectivity index (χ1n) is 11.5. The minimum atomic E-state index is -3.16. The second-order valence-electron chi connectivity index (χ2n) is 8.28. The lowest BCUT2D eigenvalue weighted by atomic mass is 10.1. The van der Waals surface area contributed by atoms with Crippen LogP contribution in [0, 0.1) is 0 Å². The molecule has 4 rings (SSSR count). The Labute approximate surface area is 225 Å². The number of esters is 1. The van der Waals surface area contributed by atoms with Gasteiger partial charge in [0, 0.05) is 6.08 Å². The maximum atomic E-state index is 13.0. The first-order valence-corrected chi connectivity index (χ1v) is 14.5. The largest absolute Gasteiger partial charge is 0.497 e. The first-order chi connectivity index (χ1) is 17.7. The van der Waals surface area contributed by atoms with Gasteiger partial charge in [-0.3, -0.25) is 9.69 Å². The van der Waals surface area contributed by atoms with Crippen molar-refractivity contribution >= 4 is 62.2 Å². The van der Waals surface area contributed by atoms with Gasteiger partial charge in [-0.05, 0) is 60.9 Å². The van der Waals surface area contributed by atoms with Crippen molar-refractivity contribution in [3.05, 3.63) is 64.6 Å². The van der Waals surface area contributed by atoms with E-state index in [4.69, 9.17) is 26.4 Å². The van der Waals surface area contributed by atoms with Crippen LogP contribution in [0.2, 0.25) is 0 Å². The Kier molecular flexibility index (Phi) is 8.35. The van der Waals surface area contributed by atoms with Crippen molar-refractivity contribution in [2.75, 3.05) is 25.2 Å². The molecule has 0 aromatic heterocycles. The van der Waals surface area contributed by atoms with Gasteiger partial charge >= 0.3 is 5.97 Å². The van der Waals surface area contributed by atoms with Gasteiger partial charge in [0.2, 0.25) is 0 Å². The summed E-state index contributed by atoms with van der Waals surface area (Å²) in [7, 11) is -1.57. The zero-order chi connectivity index (χ0) is 26.6. The third-order valence-electron chi connectivity index (χ3n) is 5.70. The monoisotopic (exact) mass is 559 g/mol. The van der Waals surface area contributed by atoms with Gasteiger partial charge in [0.15, 0.2) is 21.3 Å². The standard InChI is InChI=1S/C26H25NO7S3/c1-3-33-22-14-18(15-23-25(29)27(26(35)36-23)19-12-13-37(30,31)16-19)6-10-21(22)34-24(28)11-7-17-4-8-20(32-2)9-5-17/h4-11,14-15,19H,3,12-13,16H2,1-2H3/b11-7+,23-15+/t19-/m0/s1. The van der Waals surface area contributed by atoms with E-state index in [1.165, 1.54) is 11.0 Å². The summed E-state index contributed by atoms with van der Waals surface area (Å²) in [6.07, 6.45) is 5.00. The van der Waals surface area contributed by atoms with Crippen LogP contribution in [0.5, 0.6) is 17.2 Å². The number of rotatable bonds is 8. The van der Waals surface area contributed by atoms with Crippen LogP contribution in [0.3, 0.4) is 0 Å². The molecule has 2 aliphatic rings. The van der Waals surface area contributed by atoms with Crippen LogP contribution < -0.4 is 14.2 Å². The van der Waals surface area contributed by atoms with E-state index in [0.717, 1.165) is 23.1 Å². The molecule has 1 amide bonds. The van der Waals surface area contributed by atoms with Crippen LogP contribution >= 0.6 is 24.0 Å². The van der Waals surface area contributed by atoms with E-state index in [9.17, 15) is 18.0 Å². The first kappa shape index (κ1) is 26.9. The Bertz CT molecular complexity index is 1380.